The van der Waals surface area contributed by atoms with Crippen molar-refractivity contribution in [2.45, 2.75) is 24.4 Å². The molecule has 0 spiro atoms. The molecule has 156 valence electrons. The molecular weight excluding hydrogens is 421 g/mol. The Bertz CT molecular complexity index is 1000. The molecule has 1 saturated carbocycles. The van der Waals surface area contributed by atoms with E-state index in [0.29, 0.717) is 25.0 Å². The summed E-state index contributed by atoms with van der Waals surface area (Å²) in [6, 6.07) is 1.92. The summed E-state index contributed by atoms with van der Waals surface area (Å²) in [5.74, 6) is -11.5. The third-order valence-corrected chi connectivity index (χ3v) is 5.25. The van der Waals surface area contributed by atoms with Crippen molar-refractivity contribution in [1.82, 2.24) is 4.98 Å². The number of hydrogen-bond donors (Lipinski definition) is 3. The molecule has 1 aromatic carbocycles. The highest BCUT2D eigenvalue weighted by atomic mass is 35.5. The van der Waals surface area contributed by atoms with Crippen molar-refractivity contribution in [1.29, 1.82) is 0 Å². The van der Waals surface area contributed by atoms with Crippen LogP contribution < -0.4 is 11.5 Å². The second-order valence-corrected chi connectivity index (χ2v) is 7.16. The van der Waals surface area contributed by atoms with E-state index in [0.717, 1.165) is 6.07 Å². The minimum Gasteiger partial charge on any atom is -0.382 e. The lowest BCUT2D eigenvalue weighted by Gasteiger charge is -2.28. The zero-order chi connectivity index (χ0) is 21.7. The van der Waals surface area contributed by atoms with Gasteiger partial charge in [0.15, 0.2) is 11.6 Å². The summed E-state index contributed by atoms with van der Waals surface area (Å²) in [5.41, 5.74) is 4.61. The van der Waals surface area contributed by atoms with Crippen molar-refractivity contribution in [2.24, 2.45) is 17.4 Å². The molecule has 1 aliphatic rings. The van der Waals surface area contributed by atoms with Gasteiger partial charge in [-0.15, -0.1) is 0 Å². The first-order chi connectivity index (χ1) is 13.4. The van der Waals surface area contributed by atoms with E-state index >= 15 is 0 Å². The molecule has 1 amide bonds. The average Bonchev–Trinajstić information content (AvgIpc) is 3.51. The van der Waals surface area contributed by atoms with E-state index in [1.807, 2.05) is 0 Å². The van der Waals surface area contributed by atoms with E-state index in [-0.39, 0.29) is 0 Å². The van der Waals surface area contributed by atoms with Crippen LogP contribution in [0.5, 0.6) is 0 Å². The molecule has 2 aromatic rings. The highest BCUT2D eigenvalue weighted by molar-refractivity contribution is 6.31. The van der Waals surface area contributed by atoms with Gasteiger partial charge in [0.25, 0.3) is 5.91 Å². The van der Waals surface area contributed by atoms with Gasteiger partial charge in [0.1, 0.15) is 22.1 Å². The topological polar surface area (TPSA) is 102 Å². The number of rotatable bonds is 6. The van der Waals surface area contributed by atoms with Crippen LogP contribution in [0.15, 0.2) is 18.2 Å². The Kier molecular flexibility index (Phi) is 5.31. The second kappa shape index (κ2) is 7.19. The van der Waals surface area contributed by atoms with Crippen LogP contribution in [0.1, 0.15) is 24.1 Å². The normalized spacial score (nSPS) is 16.6. The Morgan fingerprint density at radius 3 is 2.38 bits per heavy atom. The Balaban J connectivity index is 2.35. The van der Waals surface area contributed by atoms with Crippen molar-refractivity contribution in [3.05, 3.63) is 51.9 Å². The summed E-state index contributed by atoms with van der Waals surface area (Å²) in [4.78, 5) is 15.0. The molecule has 11 heteroatoms. The number of nitrogens with two attached hydrogens (primary N) is 2. The van der Waals surface area contributed by atoms with E-state index in [4.69, 9.17) is 17.3 Å². The molecule has 1 atom stereocenters. The Morgan fingerprint density at radius 2 is 1.86 bits per heavy atom. The number of pyridine rings is 1. The van der Waals surface area contributed by atoms with Crippen molar-refractivity contribution in [3.8, 4) is 11.3 Å². The van der Waals surface area contributed by atoms with Crippen LogP contribution in [0.2, 0.25) is 5.02 Å². The minimum absolute atomic E-state index is 0.449. The fourth-order valence-electron chi connectivity index (χ4n) is 3.04. The highest BCUT2D eigenvalue weighted by Gasteiger charge is 2.49. The number of alkyl halides is 2. The second-order valence-electron chi connectivity index (χ2n) is 6.78. The van der Waals surface area contributed by atoms with E-state index < -0.39 is 74.9 Å². The SMILES string of the molecule is NC[C@](O)(c1cc(C(F)(F)C(N)=O)c(F)c(-c2ccc(F)c(Cl)c2F)n1)C1CC1. The maximum absolute atomic E-state index is 14.9. The monoisotopic (exact) mass is 435 g/mol. The number of aromatic nitrogens is 1. The summed E-state index contributed by atoms with van der Waals surface area (Å²) in [6.45, 7) is -0.454. The third kappa shape index (κ3) is 3.45. The van der Waals surface area contributed by atoms with Gasteiger partial charge in [-0.1, -0.05) is 11.6 Å². The van der Waals surface area contributed by atoms with Gasteiger partial charge in [-0.05, 0) is 37.0 Å². The number of carbonyl (C=O) groups is 1. The molecule has 1 aromatic heterocycles. The van der Waals surface area contributed by atoms with Gasteiger partial charge in [0.2, 0.25) is 0 Å². The van der Waals surface area contributed by atoms with Gasteiger partial charge in [-0.3, -0.25) is 4.79 Å². The van der Waals surface area contributed by atoms with Gasteiger partial charge in [0, 0.05) is 12.1 Å². The molecule has 0 aliphatic heterocycles. The first-order valence-electron chi connectivity index (χ1n) is 8.40. The molecule has 29 heavy (non-hydrogen) atoms. The summed E-state index contributed by atoms with van der Waals surface area (Å²) >= 11 is 5.49. The van der Waals surface area contributed by atoms with Crippen LogP contribution in [0.25, 0.3) is 11.3 Å². The molecule has 0 bridgehead atoms. The molecule has 5 N–H and O–H groups in total. The number of primary amides is 1. The van der Waals surface area contributed by atoms with Crippen LogP contribution in [-0.4, -0.2) is 22.5 Å². The first kappa shape index (κ1) is 21.4. The van der Waals surface area contributed by atoms with Crippen molar-refractivity contribution < 1.29 is 31.9 Å². The third-order valence-electron chi connectivity index (χ3n) is 4.90. The molecule has 1 heterocycles. The van der Waals surface area contributed by atoms with Crippen molar-refractivity contribution in [2.75, 3.05) is 6.54 Å². The molecule has 1 aliphatic carbocycles. The largest absolute Gasteiger partial charge is 0.382 e. The van der Waals surface area contributed by atoms with Crippen LogP contribution in [0, 0.1) is 23.4 Å². The smallest absolute Gasteiger partial charge is 0.352 e. The maximum Gasteiger partial charge on any atom is 0.352 e. The molecule has 3 rings (SSSR count). The van der Waals surface area contributed by atoms with E-state index in [1.165, 1.54) is 0 Å². The van der Waals surface area contributed by atoms with Crippen molar-refractivity contribution in [3.63, 3.8) is 0 Å². The lowest BCUT2D eigenvalue weighted by atomic mass is 9.90. The van der Waals surface area contributed by atoms with E-state index in [9.17, 15) is 31.9 Å². The molecule has 0 saturated heterocycles. The van der Waals surface area contributed by atoms with Crippen LogP contribution in [0.3, 0.4) is 0 Å². The zero-order valence-electron chi connectivity index (χ0n) is 14.7. The fourth-order valence-corrected chi connectivity index (χ4v) is 3.21. The predicted molar refractivity (Wildman–Crippen MR) is 93.3 cm³/mol. The highest BCUT2D eigenvalue weighted by Crippen LogP contribution is 2.46. The number of aliphatic hydroxyl groups is 1. The van der Waals surface area contributed by atoms with Crippen LogP contribution in [0.4, 0.5) is 22.0 Å². The molecule has 0 unspecified atom stereocenters. The summed E-state index contributed by atoms with van der Waals surface area (Å²) < 4.78 is 71.5. The maximum atomic E-state index is 14.9. The standard InChI is InChI=1S/C18H15ClF5N3O2/c19-12-10(20)4-3-8(13(12)21)15-14(22)9(18(23,24)16(26)28)5-11(27-15)17(29,6-25)7-1-2-7/h3-5,7,29H,1-2,6,25H2,(H2,26,28)/t17-/m1/s1. The molecular formula is C18H15ClF5N3O2. The number of hydrogen-bond acceptors (Lipinski definition) is 4. The van der Waals surface area contributed by atoms with Gasteiger partial charge in [0.05, 0.1) is 11.3 Å². The first-order valence-corrected chi connectivity index (χ1v) is 8.78. The molecule has 0 radical (unpaired) electrons. The summed E-state index contributed by atoms with van der Waals surface area (Å²) in [5, 5.41) is 9.83. The average molecular weight is 436 g/mol. The van der Waals surface area contributed by atoms with Crippen LogP contribution in [-0.2, 0) is 16.3 Å². The quantitative estimate of drug-likeness (QED) is 0.479. The van der Waals surface area contributed by atoms with Crippen LogP contribution >= 0.6 is 11.6 Å². The van der Waals surface area contributed by atoms with E-state index in [2.05, 4.69) is 10.7 Å². The van der Waals surface area contributed by atoms with Gasteiger partial charge < -0.3 is 16.6 Å². The van der Waals surface area contributed by atoms with E-state index in [1.54, 1.807) is 0 Å². The summed E-state index contributed by atoms with van der Waals surface area (Å²) in [6.07, 6.45) is 1.00. The molecule has 5 nitrogen and oxygen atoms in total. The number of amides is 1. The lowest BCUT2D eigenvalue weighted by Crippen LogP contribution is -2.40. The summed E-state index contributed by atoms with van der Waals surface area (Å²) in [7, 11) is 0. The predicted octanol–water partition coefficient (Wildman–Crippen LogP) is 2.95. The number of carbonyl (C=O) groups excluding carboxylic acids is 1. The van der Waals surface area contributed by atoms with Crippen molar-refractivity contribution >= 4 is 17.5 Å². The van der Waals surface area contributed by atoms with Gasteiger partial charge >= 0.3 is 5.92 Å². The number of benzene rings is 1. The molecule has 1 fully saturated rings. The Labute approximate surface area is 166 Å². The zero-order valence-corrected chi connectivity index (χ0v) is 15.4. The minimum atomic E-state index is -4.50. The number of halogens is 6. The van der Waals surface area contributed by atoms with Gasteiger partial charge in [-0.2, -0.15) is 8.78 Å². The fraction of sp³-hybridized carbons (Fsp3) is 0.333. The lowest BCUT2D eigenvalue weighted by molar-refractivity contribution is -0.143. The Morgan fingerprint density at radius 1 is 1.24 bits per heavy atom. The van der Waals surface area contributed by atoms with Gasteiger partial charge in [-0.25, -0.2) is 18.2 Å². The number of nitrogens with zero attached hydrogens (tertiary/aromatic N) is 1. The Hall–Kier alpha value is -2.30.